The van der Waals surface area contributed by atoms with E-state index in [1.165, 1.54) is 0 Å². The van der Waals surface area contributed by atoms with E-state index in [4.69, 9.17) is 9.84 Å². The van der Waals surface area contributed by atoms with Crippen molar-refractivity contribution in [1.82, 2.24) is 5.32 Å². The van der Waals surface area contributed by atoms with Crippen molar-refractivity contribution in [2.45, 2.75) is 32.6 Å². The summed E-state index contributed by atoms with van der Waals surface area (Å²) in [6.45, 7) is 3.19. The standard InChI is InChI=1S/C13H17NO3/c1-9(4-5-15)14-13(16)10-2-3-11-7-17-8-12(11)6-10/h2-3,6,9,15H,4-5,7-8H2,1H3,(H,14,16). The summed E-state index contributed by atoms with van der Waals surface area (Å²) in [4.78, 5) is 11.9. The van der Waals surface area contributed by atoms with Crippen molar-refractivity contribution in [3.8, 4) is 0 Å². The van der Waals surface area contributed by atoms with Crippen molar-refractivity contribution in [1.29, 1.82) is 0 Å². The molecule has 1 amide bonds. The third-order valence-electron chi connectivity index (χ3n) is 2.92. The van der Waals surface area contributed by atoms with Crippen LogP contribution in [0.4, 0.5) is 0 Å². The molecule has 0 fully saturated rings. The van der Waals surface area contributed by atoms with Gasteiger partial charge in [-0.3, -0.25) is 4.79 Å². The monoisotopic (exact) mass is 235 g/mol. The van der Waals surface area contributed by atoms with Gasteiger partial charge >= 0.3 is 0 Å². The number of amides is 1. The molecule has 92 valence electrons. The quantitative estimate of drug-likeness (QED) is 0.825. The average molecular weight is 235 g/mol. The molecule has 1 aromatic rings. The van der Waals surface area contributed by atoms with E-state index in [9.17, 15) is 4.79 Å². The minimum atomic E-state index is -0.0966. The molecule has 0 bridgehead atoms. The zero-order valence-electron chi connectivity index (χ0n) is 9.90. The van der Waals surface area contributed by atoms with Gasteiger partial charge in [0.25, 0.3) is 5.91 Å². The van der Waals surface area contributed by atoms with Crippen LogP contribution in [-0.2, 0) is 18.0 Å². The normalized spacial score (nSPS) is 15.4. The zero-order valence-corrected chi connectivity index (χ0v) is 9.90. The molecule has 0 aromatic heterocycles. The molecular formula is C13H17NO3. The van der Waals surface area contributed by atoms with Crippen LogP contribution >= 0.6 is 0 Å². The molecule has 0 radical (unpaired) electrons. The maximum absolute atomic E-state index is 11.9. The third kappa shape index (κ3) is 2.84. The molecule has 2 rings (SSSR count). The molecule has 4 heteroatoms. The highest BCUT2D eigenvalue weighted by atomic mass is 16.5. The van der Waals surface area contributed by atoms with Crippen molar-refractivity contribution >= 4 is 5.91 Å². The van der Waals surface area contributed by atoms with Crippen molar-refractivity contribution in [3.63, 3.8) is 0 Å². The highest BCUT2D eigenvalue weighted by Crippen LogP contribution is 2.20. The van der Waals surface area contributed by atoms with E-state index >= 15 is 0 Å². The van der Waals surface area contributed by atoms with Gasteiger partial charge in [-0.1, -0.05) is 6.07 Å². The number of carbonyl (C=O) groups excluding carboxylic acids is 1. The molecule has 1 aliphatic heterocycles. The predicted octanol–water partition coefficient (Wildman–Crippen LogP) is 1.22. The molecule has 17 heavy (non-hydrogen) atoms. The van der Waals surface area contributed by atoms with E-state index in [-0.39, 0.29) is 18.6 Å². The number of carbonyl (C=O) groups is 1. The Balaban J connectivity index is 2.04. The Kier molecular flexibility index (Phi) is 3.76. The van der Waals surface area contributed by atoms with Gasteiger partial charge in [0.15, 0.2) is 0 Å². The molecule has 4 nitrogen and oxygen atoms in total. The minimum absolute atomic E-state index is 0.0167. The lowest BCUT2D eigenvalue weighted by Gasteiger charge is -2.12. The molecule has 1 aliphatic rings. The van der Waals surface area contributed by atoms with Crippen LogP contribution in [0.25, 0.3) is 0 Å². The molecule has 2 N–H and O–H groups in total. The maximum atomic E-state index is 11.9. The molecule has 0 saturated heterocycles. The van der Waals surface area contributed by atoms with Crippen LogP contribution in [-0.4, -0.2) is 23.7 Å². The summed E-state index contributed by atoms with van der Waals surface area (Å²) < 4.78 is 5.30. The summed E-state index contributed by atoms with van der Waals surface area (Å²) in [6, 6.07) is 5.61. The summed E-state index contributed by atoms with van der Waals surface area (Å²) in [6.07, 6.45) is 0.569. The average Bonchev–Trinajstić information content (AvgIpc) is 2.75. The number of rotatable bonds is 4. The maximum Gasteiger partial charge on any atom is 0.251 e. The largest absolute Gasteiger partial charge is 0.396 e. The summed E-state index contributed by atoms with van der Waals surface area (Å²) >= 11 is 0. The van der Waals surface area contributed by atoms with E-state index in [1.807, 2.05) is 25.1 Å². The van der Waals surface area contributed by atoms with Crippen LogP contribution in [0.1, 0.15) is 34.8 Å². The second-order valence-electron chi connectivity index (χ2n) is 4.36. The Morgan fingerprint density at radius 3 is 3.00 bits per heavy atom. The van der Waals surface area contributed by atoms with Crippen LogP contribution in [0, 0.1) is 0 Å². The Labute approximate surface area is 101 Å². The molecule has 0 saturated carbocycles. The SMILES string of the molecule is CC(CCO)NC(=O)c1ccc2c(c1)COC2. The first-order valence-electron chi connectivity index (χ1n) is 5.82. The van der Waals surface area contributed by atoms with Gasteiger partial charge in [0.1, 0.15) is 0 Å². The Bertz CT molecular complexity index is 417. The topological polar surface area (TPSA) is 58.6 Å². The van der Waals surface area contributed by atoms with Crippen molar-refractivity contribution in [3.05, 3.63) is 34.9 Å². The van der Waals surface area contributed by atoms with Crippen LogP contribution in [0.3, 0.4) is 0 Å². The van der Waals surface area contributed by atoms with Gasteiger partial charge in [0, 0.05) is 18.2 Å². The number of benzene rings is 1. The Morgan fingerprint density at radius 2 is 2.24 bits per heavy atom. The number of hydrogen-bond donors (Lipinski definition) is 2. The Morgan fingerprint density at radius 1 is 1.47 bits per heavy atom. The van der Waals surface area contributed by atoms with Crippen LogP contribution in [0.2, 0.25) is 0 Å². The first-order valence-corrected chi connectivity index (χ1v) is 5.82. The first-order chi connectivity index (χ1) is 8.20. The second kappa shape index (κ2) is 5.29. The van der Waals surface area contributed by atoms with Gasteiger partial charge in [-0.05, 0) is 36.6 Å². The minimum Gasteiger partial charge on any atom is -0.396 e. The van der Waals surface area contributed by atoms with Crippen LogP contribution < -0.4 is 5.32 Å². The highest BCUT2D eigenvalue weighted by molar-refractivity contribution is 5.94. The number of hydrogen-bond acceptors (Lipinski definition) is 3. The second-order valence-corrected chi connectivity index (χ2v) is 4.36. The van der Waals surface area contributed by atoms with Gasteiger partial charge in [0.2, 0.25) is 0 Å². The van der Waals surface area contributed by atoms with Crippen molar-refractivity contribution in [2.75, 3.05) is 6.61 Å². The van der Waals surface area contributed by atoms with E-state index in [0.29, 0.717) is 25.2 Å². The van der Waals surface area contributed by atoms with Crippen LogP contribution in [0.15, 0.2) is 18.2 Å². The fourth-order valence-electron chi connectivity index (χ4n) is 1.89. The number of aliphatic hydroxyl groups excluding tert-OH is 1. The zero-order chi connectivity index (χ0) is 12.3. The van der Waals surface area contributed by atoms with E-state index in [0.717, 1.165) is 11.1 Å². The van der Waals surface area contributed by atoms with Gasteiger partial charge in [-0.25, -0.2) is 0 Å². The van der Waals surface area contributed by atoms with Crippen molar-refractivity contribution < 1.29 is 14.6 Å². The summed E-state index contributed by atoms with van der Waals surface area (Å²) in [5.41, 5.74) is 2.90. The molecular weight excluding hydrogens is 218 g/mol. The molecule has 0 spiro atoms. The molecule has 1 aromatic carbocycles. The van der Waals surface area contributed by atoms with Gasteiger partial charge in [0.05, 0.1) is 13.2 Å². The van der Waals surface area contributed by atoms with Crippen molar-refractivity contribution in [2.24, 2.45) is 0 Å². The lowest BCUT2D eigenvalue weighted by Crippen LogP contribution is -2.33. The van der Waals surface area contributed by atoms with Crippen LogP contribution in [0.5, 0.6) is 0 Å². The number of fused-ring (bicyclic) bond motifs is 1. The molecule has 1 heterocycles. The van der Waals surface area contributed by atoms with E-state index < -0.39 is 0 Å². The highest BCUT2D eigenvalue weighted by Gasteiger charge is 2.15. The lowest BCUT2D eigenvalue weighted by molar-refractivity contribution is 0.0934. The number of ether oxygens (including phenoxy) is 1. The number of aliphatic hydroxyl groups is 1. The predicted molar refractivity (Wildman–Crippen MR) is 63.6 cm³/mol. The van der Waals surface area contributed by atoms with E-state index in [1.54, 1.807) is 0 Å². The molecule has 1 atom stereocenters. The fourth-order valence-corrected chi connectivity index (χ4v) is 1.89. The van der Waals surface area contributed by atoms with Gasteiger partial charge in [-0.2, -0.15) is 0 Å². The lowest BCUT2D eigenvalue weighted by atomic mass is 10.1. The number of nitrogens with one attached hydrogen (secondary N) is 1. The van der Waals surface area contributed by atoms with E-state index in [2.05, 4.69) is 5.32 Å². The van der Waals surface area contributed by atoms with Gasteiger partial charge in [-0.15, -0.1) is 0 Å². The summed E-state index contributed by atoms with van der Waals surface area (Å²) in [5, 5.41) is 11.6. The van der Waals surface area contributed by atoms with Gasteiger partial charge < -0.3 is 15.2 Å². The summed E-state index contributed by atoms with van der Waals surface area (Å²) in [5.74, 6) is -0.0966. The smallest absolute Gasteiger partial charge is 0.251 e. The first kappa shape index (κ1) is 12.1. The molecule has 1 unspecified atom stereocenters. The Hall–Kier alpha value is -1.39. The summed E-state index contributed by atoms with van der Waals surface area (Å²) in [7, 11) is 0. The third-order valence-corrected chi connectivity index (χ3v) is 2.92. The molecule has 0 aliphatic carbocycles. The fraction of sp³-hybridized carbons (Fsp3) is 0.462.